The molecule has 1 aliphatic heterocycles. The molecule has 3 rings (SSSR count). The molecule has 0 saturated heterocycles. The van der Waals surface area contributed by atoms with Gasteiger partial charge in [-0.1, -0.05) is 68.7 Å². The Bertz CT molecular complexity index is 600. The topological polar surface area (TPSA) is 6.48 Å². The van der Waals surface area contributed by atoms with Crippen molar-refractivity contribution in [2.24, 2.45) is 0 Å². The van der Waals surface area contributed by atoms with E-state index in [1.807, 2.05) is 0 Å². The average molecular weight is 422 g/mol. The summed E-state index contributed by atoms with van der Waals surface area (Å²) in [4.78, 5) is 4.98. The molecule has 0 radical (unpaired) electrons. The second-order valence-corrected chi connectivity index (χ2v) is 6.14. The number of hydrogen-bond acceptors (Lipinski definition) is 2. The number of rotatable bonds is 6. The summed E-state index contributed by atoms with van der Waals surface area (Å²) in [5, 5.41) is 0. The van der Waals surface area contributed by atoms with Crippen molar-refractivity contribution in [3.63, 3.8) is 0 Å². The van der Waals surface area contributed by atoms with Crippen molar-refractivity contribution in [1.82, 2.24) is 0 Å². The van der Waals surface area contributed by atoms with E-state index in [1.54, 1.807) is 0 Å². The fourth-order valence-electron chi connectivity index (χ4n) is 3.46. The van der Waals surface area contributed by atoms with Crippen LogP contribution in [0.5, 0.6) is 0 Å². The molecule has 0 bridgehead atoms. The van der Waals surface area contributed by atoms with E-state index >= 15 is 0 Å². The molecule has 0 N–H and O–H groups in total. The number of unbranched alkanes of at least 4 members (excludes halogenated alkanes) is 3. The fraction of sp³-hybridized carbons (Fsp3) is 0.400. The molecule has 0 saturated carbocycles. The summed E-state index contributed by atoms with van der Waals surface area (Å²) in [5.41, 5.74) is 4.08. The van der Waals surface area contributed by atoms with Crippen molar-refractivity contribution in [1.29, 1.82) is 0 Å². The third-order valence-corrected chi connectivity index (χ3v) is 4.58. The van der Waals surface area contributed by atoms with Gasteiger partial charge >= 0.3 is 0 Å². The molecular weight excluding hydrogens is 395 g/mol. The predicted molar refractivity (Wildman–Crippen MR) is 111 cm³/mol. The number of fused-ring (bicyclic) bond motifs is 1. The molecule has 1 unspecified atom stereocenters. The highest BCUT2D eigenvalue weighted by Crippen LogP contribution is 2.45. The first-order valence-corrected chi connectivity index (χ1v) is 8.46. The zero-order chi connectivity index (χ0) is 15.4. The molecular formula is C20H27IN2. The van der Waals surface area contributed by atoms with Gasteiger partial charge in [-0.3, -0.25) is 0 Å². The Labute approximate surface area is 157 Å². The number of halogens is 1. The van der Waals surface area contributed by atoms with Gasteiger partial charge in [0, 0.05) is 13.6 Å². The van der Waals surface area contributed by atoms with Gasteiger partial charge in [0.2, 0.25) is 0 Å². The van der Waals surface area contributed by atoms with Gasteiger partial charge in [0.05, 0.1) is 11.4 Å². The standard InChI is InChI=1S/C20H26N2.HI/c1-3-4-5-11-16-22-19-15-10-9-14-18(19)21(2)20(22)17-12-7-6-8-13-17;/h6-10,12-15,20H,3-5,11,16H2,1-2H3;1H. The minimum absolute atomic E-state index is 0. The van der Waals surface area contributed by atoms with Crippen molar-refractivity contribution >= 4 is 35.4 Å². The molecule has 0 fully saturated rings. The summed E-state index contributed by atoms with van der Waals surface area (Å²) in [6.45, 7) is 3.40. The Morgan fingerprint density at radius 1 is 0.826 bits per heavy atom. The molecule has 2 aromatic carbocycles. The maximum Gasteiger partial charge on any atom is 0.128 e. The van der Waals surface area contributed by atoms with Gasteiger partial charge in [-0.05, 0) is 24.1 Å². The van der Waals surface area contributed by atoms with Gasteiger partial charge in [0.25, 0.3) is 0 Å². The van der Waals surface area contributed by atoms with Crippen molar-refractivity contribution in [3.05, 3.63) is 60.2 Å². The maximum atomic E-state index is 2.57. The van der Waals surface area contributed by atoms with Gasteiger partial charge in [0.1, 0.15) is 6.17 Å². The molecule has 1 heterocycles. The molecule has 0 amide bonds. The first-order valence-electron chi connectivity index (χ1n) is 8.46. The third-order valence-electron chi connectivity index (χ3n) is 4.58. The molecule has 23 heavy (non-hydrogen) atoms. The molecule has 1 aliphatic rings. The molecule has 3 heteroatoms. The second-order valence-electron chi connectivity index (χ2n) is 6.14. The molecule has 0 spiro atoms. The lowest BCUT2D eigenvalue weighted by atomic mass is 10.1. The number of anilines is 2. The highest BCUT2D eigenvalue weighted by atomic mass is 127. The van der Waals surface area contributed by atoms with Crippen LogP contribution in [0.1, 0.15) is 44.3 Å². The van der Waals surface area contributed by atoms with Crippen LogP contribution in [0.4, 0.5) is 11.4 Å². The molecule has 2 nitrogen and oxygen atoms in total. The Hall–Kier alpha value is -1.23. The molecule has 124 valence electrons. The van der Waals surface area contributed by atoms with Crippen LogP contribution in [0, 0.1) is 0 Å². The summed E-state index contributed by atoms with van der Waals surface area (Å²) >= 11 is 0. The van der Waals surface area contributed by atoms with Gasteiger partial charge in [-0.2, -0.15) is 0 Å². The van der Waals surface area contributed by atoms with Gasteiger partial charge < -0.3 is 9.80 Å². The number of nitrogens with zero attached hydrogens (tertiary/aromatic N) is 2. The lowest BCUT2D eigenvalue weighted by Crippen LogP contribution is -2.34. The van der Waals surface area contributed by atoms with Gasteiger partial charge in [-0.25, -0.2) is 0 Å². The van der Waals surface area contributed by atoms with E-state index < -0.39 is 0 Å². The summed E-state index contributed by atoms with van der Waals surface area (Å²) in [6.07, 6.45) is 5.53. The normalized spacial score (nSPS) is 16.2. The lowest BCUT2D eigenvalue weighted by molar-refractivity contribution is 0.592. The SMILES string of the molecule is CCCCCCN1c2ccccc2N(C)C1c1ccccc1.I. The van der Waals surface area contributed by atoms with Crippen LogP contribution in [0.3, 0.4) is 0 Å². The zero-order valence-corrected chi connectivity index (χ0v) is 16.4. The van der Waals surface area contributed by atoms with Crippen LogP contribution in [-0.2, 0) is 0 Å². The number of benzene rings is 2. The Balaban J connectivity index is 0.00000192. The third kappa shape index (κ3) is 3.82. The molecule has 0 aliphatic carbocycles. The van der Waals surface area contributed by atoms with Crippen LogP contribution in [-0.4, -0.2) is 13.6 Å². The lowest BCUT2D eigenvalue weighted by Gasteiger charge is -2.31. The fourth-order valence-corrected chi connectivity index (χ4v) is 3.46. The van der Waals surface area contributed by atoms with Gasteiger partial charge in [-0.15, -0.1) is 24.0 Å². The van der Waals surface area contributed by atoms with Crippen molar-refractivity contribution in [2.75, 3.05) is 23.4 Å². The molecule has 2 aromatic rings. The van der Waals surface area contributed by atoms with E-state index in [4.69, 9.17) is 0 Å². The summed E-state index contributed by atoms with van der Waals surface area (Å²) in [7, 11) is 2.21. The van der Waals surface area contributed by atoms with Crippen LogP contribution in [0.15, 0.2) is 54.6 Å². The largest absolute Gasteiger partial charge is 0.349 e. The Morgan fingerprint density at radius 2 is 1.48 bits per heavy atom. The molecule has 0 aromatic heterocycles. The Kier molecular flexibility index (Phi) is 6.75. The van der Waals surface area contributed by atoms with Crippen molar-refractivity contribution in [3.8, 4) is 0 Å². The molecule has 1 atom stereocenters. The van der Waals surface area contributed by atoms with Crippen LogP contribution >= 0.6 is 24.0 Å². The summed E-state index contributed by atoms with van der Waals surface area (Å²) in [5.74, 6) is 0. The highest BCUT2D eigenvalue weighted by Gasteiger charge is 2.33. The van der Waals surface area contributed by atoms with Gasteiger partial charge in [0.15, 0.2) is 0 Å². The summed E-state index contributed by atoms with van der Waals surface area (Å²) < 4.78 is 0. The highest BCUT2D eigenvalue weighted by molar-refractivity contribution is 14.0. The van der Waals surface area contributed by atoms with E-state index in [2.05, 4.69) is 78.4 Å². The van der Waals surface area contributed by atoms with E-state index in [0.29, 0.717) is 6.17 Å². The van der Waals surface area contributed by atoms with E-state index in [0.717, 1.165) is 6.54 Å². The van der Waals surface area contributed by atoms with Crippen molar-refractivity contribution < 1.29 is 0 Å². The van der Waals surface area contributed by atoms with Crippen LogP contribution in [0.25, 0.3) is 0 Å². The zero-order valence-electron chi connectivity index (χ0n) is 14.1. The number of para-hydroxylation sites is 2. The first kappa shape index (κ1) is 18.1. The van der Waals surface area contributed by atoms with E-state index in [-0.39, 0.29) is 24.0 Å². The maximum absolute atomic E-state index is 2.57. The minimum atomic E-state index is 0. The van der Waals surface area contributed by atoms with Crippen LogP contribution < -0.4 is 9.80 Å². The van der Waals surface area contributed by atoms with E-state index in [9.17, 15) is 0 Å². The second kappa shape index (κ2) is 8.57. The smallest absolute Gasteiger partial charge is 0.128 e. The number of hydrogen-bond donors (Lipinski definition) is 0. The summed E-state index contributed by atoms with van der Waals surface area (Å²) in [6, 6.07) is 19.6. The monoisotopic (exact) mass is 422 g/mol. The average Bonchev–Trinajstić information content (AvgIpc) is 2.85. The quantitative estimate of drug-likeness (QED) is 0.426. The predicted octanol–water partition coefficient (Wildman–Crippen LogP) is 5.84. The van der Waals surface area contributed by atoms with E-state index in [1.165, 1.54) is 42.6 Å². The Morgan fingerprint density at radius 3 is 2.17 bits per heavy atom. The van der Waals surface area contributed by atoms with Crippen molar-refractivity contribution in [2.45, 2.75) is 38.8 Å². The first-order chi connectivity index (χ1) is 10.8. The minimum Gasteiger partial charge on any atom is -0.349 e. The van der Waals surface area contributed by atoms with Crippen LogP contribution in [0.2, 0.25) is 0 Å².